The van der Waals surface area contributed by atoms with E-state index in [0.717, 1.165) is 0 Å². The van der Waals surface area contributed by atoms with Crippen LogP contribution in [0.15, 0.2) is 18.2 Å². The third-order valence-corrected chi connectivity index (χ3v) is 1.99. The first kappa shape index (κ1) is 8.31. The first-order valence-corrected chi connectivity index (χ1v) is 4.03. The van der Waals surface area contributed by atoms with E-state index in [1.54, 1.807) is 18.2 Å². The average molecular weight is 183 g/mol. The van der Waals surface area contributed by atoms with E-state index in [1.165, 1.54) is 0 Å². The molecule has 1 aliphatic heterocycles. The number of para-hydroxylation sites is 1. The zero-order valence-electron chi connectivity index (χ0n) is 7.00. The van der Waals surface area contributed by atoms with Crippen molar-refractivity contribution in [3.05, 3.63) is 23.8 Å². The fraction of sp³-hybridized carbons (Fsp3) is 0.333. The van der Waals surface area contributed by atoms with Gasteiger partial charge in [0, 0.05) is 5.56 Å². The summed E-state index contributed by atoms with van der Waals surface area (Å²) in [6.07, 6.45) is 0. The smallest absolute Gasteiger partial charge is 0.231 e. The highest BCUT2D eigenvalue weighted by Gasteiger charge is 2.20. The van der Waals surface area contributed by atoms with Crippen LogP contribution in [0.3, 0.4) is 0 Å². The van der Waals surface area contributed by atoms with Crippen molar-refractivity contribution in [1.29, 1.82) is 0 Å². The van der Waals surface area contributed by atoms with Crippen molar-refractivity contribution in [2.24, 2.45) is 5.73 Å². The van der Waals surface area contributed by atoms with Gasteiger partial charge in [-0.3, -0.25) is 0 Å². The third-order valence-electron chi connectivity index (χ3n) is 1.99. The predicted molar refractivity (Wildman–Crippen MR) is 45.5 cm³/mol. The Morgan fingerprint density at radius 2 is 2.31 bits per heavy atom. The Morgan fingerprint density at radius 3 is 3.08 bits per heavy atom. The van der Waals surface area contributed by atoms with Gasteiger partial charge in [0.2, 0.25) is 6.79 Å². The molecule has 0 fully saturated rings. The highest BCUT2D eigenvalue weighted by Crippen LogP contribution is 2.37. The zero-order chi connectivity index (χ0) is 9.26. The molecule has 0 aliphatic carbocycles. The van der Waals surface area contributed by atoms with Gasteiger partial charge < -0.3 is 15.2 Å². The Bertz CT molecular complexity index is 316. The molecule has 0 saturated heterocycles. The fourth-order valence-electron chi connectivity index (χ4n) is 1.33. The van der Waals surface area contributed by atoms with Gasteiger partial charge in [-0.25, -0.2) is 4.39 Å². The number of nitrogens with two attached hydrogens (primary N) is 1. The highest BCUT2D eigenvalue weighted by molar-refractivity contribution is 5.49. The summed E-state index contributed by atoms with van der Waals surface area (Å²) in [5, 5.41) is 0. The summed E-state index contributed by atoms with van der Waals surface area (Å²) in [5.41, 5.74) is 6.22. The summed E-state index contributed by atoms with van der Waals surface area (Å²) in [7, 11) is 0. The van der Waals surface area contributed by atoms with Crippen LogP contribution in [0.2, 0.25) is 0 Å². The van der Waals surface area contributed by atoms with Crippen LogP contribution in [0.4, 0.5) is 4.39 Å². The van der Waals surface area contributed by atoms with Crippen molar-refractivity contribution >= 4 is 0 Å². The van der Waals surface area contributed by atoms with Crippen LogP contribution in [0, 0.1) is 0 Å². The first-order valence-electron chi connectivity index (χ1n) is 4.03. The van der Waals surface area contributed by atoms with Gasteiger partial charge in [-0.05, 0) is 6.07 Å². The Morgan fingerprint density at radius 1 is 1.46 bits per heavy atom. The Balaban J connectivity index is 2.41. The van der Waals surface area contributed by atoms with Crippen LogP contribution < -0.4 is 15.2 Å². The molecule has 0 saturated carbocycles. The molecule has 1 aromatic carbocycles. The number of hydrogen-bond acceptors (Lipinski definition) is 3. The van der Waals surface area contributed by atoms with Crippen LogP contribution >= 0.6 is 0 Å². The van der Waals surface area contributed by atoms with Gasteiger partial charge in [0.05, 0.1) is 6.04 Å². The standard InChI is InChI=1S/C9H10FNO2/c10-4-7(11)6-2-1-3-8-9(6)13-5-12-8/h1-3,7H,4-5,11H2/t7-/m0/s1. The second-order valence-corrected chi connectivity index (χ2v) is 2.84. The van der Waals surface area contributed by atoms with E-state index in [0.29, 0.717) is 17.1 Å². The number of fused-ring (bicyclic) bond motifs is 1. The van der Waals surface area contributed by atoms with Crippen LogP contribution in [0.1, 0.15) is 11.6 Å². The van der Waals surface area contributed by atoms with Crippen molar-refractivity contribution < 1.29 is 13.9 Å². The number of benzene rings is 1. The SMILES string of the molecule is N[C@@H](CF)c1cccc2c1OCO2. The molecule has 13 heavy (non-hydrogen) atoms. The minimum absolute atomic E-state index is 0.186. The van der Waals surface area contributed by atoms with E-state index in [9.17, 15) is 4.39 Å². The lowest BCUT2D eigenvalue weighted by Crippen LogP contribution is -2.12. The minimum Gasteiger partial charge on any atom is -0.454 e. The average Bonchev–Trinajstić information content (AvgIpc) is 2.63. The van der Waals surface area contributed by atoms with Crippen LogP contribution in [-0.4, -0.2) is 13.5 Å². The number of rotatable bonds is 2. The molecule has 70 valence electrons. The summed E-state index contributed by atoms with van der Waals surface area (Å²) >= 11 is 0. The molecule has 0 radical (unpaired) electrons. The third kappa shape index (κ3) is 1.33. The molecule has 4 heteroatoms. The molecule has 0 spiro atoms. The molecule has 1 aromatic rings. The van der Waals surface area contributed by atoms with E-state index >= 15 is 0 Å². The van der Waals surface area contributed by atoms with Crippen LogP contribution in [-0.2, 0) is 0 Å². The predicted octanol–water partition coefficient (Wildman–Crippen LogP) is 1.38. The number of alkyl halides is 1. The maximum absolute atomic E-state index is 12.3. The minimum atomic E-state index is -0.628. The molecule has 0 aromatic heterocycles. The summed E-state index contributed by atoms with van der Waals surface area (Å²) in [4.78, 5) is 0. The highest BCUT2D eigenvalue weighted by atomic mass is 19.1. The van der Waals surface area contributed by atoms with E-state index in [4.69, 9.17) is 15.2 Å². The lowest BCUT2D eigenvalue weighted by atomic mass is 10.1. The Labute approximate surface area is 75.3 Å². The quantitative estimate of drug-likeness (QED) is 0.753. The maximum atomic E-state index is 12.3. The summed E-state index contributed by atoms with van der Waals surface area (Å²) in [6, 6.07) is 4.67. The second-order valence-electron chi connectivity index (χ2n) is 2.84. The van der Waals surface area contributed by atoms with Gasteiger partial charge in [0.1, 0.15) is 6.67 Å². The zero-order valence-corrected chi connectivity index (χ0v) is 7.00. The molecular formula is C9H10FNO2. The van der Waals surface area contributed by atoms with Crippen molar-refractivity contribution in [2.45, 2.75) is 6.04 Å². The van der Waals surface area contributed by atoms with Gasteiger partial charge in [-0.2, -0.15) is 0 Å². The van der Waals surface area contributed by atoms with E-state index in [-0.39, 0.29) is 6.79 Å². The largest absolute Gasteiger partial charge is 0.454 e. The molecule has 1 aliphatic rings. The van der Waals surface area contributed by atoms with Gasteiger partial charge in [0.25, 0.3) is 0 Å². The molecule has 2 rings (SSSR count). The molecular weight excluding hydrogens is 173 g/mol. The molecule has 0 unspecified atom stereocenters. The number of hydrogen-bond donors (Lipinski definition) is 1. The summed E-state index contributed by atoms with van der Waals surface area (Å²) in [6.45, 7) is -0.412. The van der Waals surface area contributed by atoms with Crippen molar-refractivity contribution in [3.63, 3.8) is 0 Å². The number of ether oxygens (including phenoxy) is 2. The van der Waals surface area contributed by atoms with E-state index in [2.05, 4.69) is 0 Å². The lowest BCUT2D eigenvalue weighted by molar-refractivity contribution is 0.172. The molecule has 0 amide bonds. The van der Waals surface area contributed by atoms with Crippen molar-refractivity contribution in [2.75, 3.05) is 13.5 Å². The molecule has 1 atom stereocenters. The number of halogens is 1. The van der Waals surface area contributed by atoms with Gasteiger partial charge in [0.15, 0.2) is 11.5 Å². The topological polar surface area (TPSA) is 44.5 Å². The molecule has 0 bridgehead atoms. The van der Waals surface area contributed by atoms with Crippen LogP contribution in [0.5, 0.6) is 11.5 Å². The maximum Gasteiger partial charge on any atom is 0.231 e. The summed E-state index contributed by atoms with van der Waals surface area (Å²) < 4.78 is 22.6. The van der Waals surface area contributed by atoms with Gasteiger partial charge in [-0.1, -0.05) is 12.1 Å². The normalized spacial score (nSPS) is 15.8. The van der Waals surface area contributed by atoms with Gasteiger partial charge in [-0.15, -0.1) is 0 Å². The second kappa shape index (κ2) is 3.22. The Kier molecular flexibility index (Phi) is 2.06. The van der Waals surface area contributed by atoms with Crippen LogP contribution in [0.25, 0.3) is 0 Å². The monoisotopic (exact) mass is 183 g/mol. The lowest BCUT2D eigenvalue weighted by Gasteiger charge is -2.09. The van der Waals surface area contributed by atoms with Crippen molar-refractivity contribution in [3.8, 4) is 11.5 Å². The molecule has 2 N–H and O–H groups in total. The molecule has 1 heterocycles. The summed E-state index contributed by atoms with van der Waals surface area (Å²) in [5.74, 6) is 1.22. The van der Waals surface area contributed by atoms with E-state index in [1.807, 2.05) is 0 Å². The Hall–Kier alpha value is -1.29. The van der Waals surface area contributed by atoms with E-state index < -0.39 is 12.7 Å². The van der Waals surface area contributed by atoms with Gasteiger partial charge >= 0.3 is 0 Å². The van der Waals surface area contributed by atoms with Crippen molar-refractivity contribution in [1.82, 2.24) is 0 Å². The first-order chi connectivity index (χ1) is 6.33. The molecule has 3 nitrogen and oxygen atoms in total. The fourth-order valence-corrected chi connectivity index (χ4v) is 1.33.